The van der Waals surface area contributed by atoms with Crippen molar-refractivity contribution >= 4 is 69.5 Å². The minimum atomic E-state index is -2.80. The van der Waals surface area contributed by atoms with Crippen molar-refractivity contribution in [1.82, 2.24) is 0 Å². The van der Waals surface area contributed by atoms with Gasteiger partial charge in [-0.2, -0.15) is 0 Å². The Labute approximate surface area is 346 Å². The second-order valence-electron chi connectivity index (χ2n) is 14.5. The minimum absolute atomic E-state index is 0.000833. The zero-order valence-electron chi connectivity index (χ0n) is 32.4. The Morgan fingerprint density at radius 3 is 0.362 bits per heavy atom. The monoisotopic (exact) mass is 799 g/mol. The van der Waals surface area contributed by atoms with Gasteiger partial charge in [-0.15, -0.1) is 0 Å². The lowest BCUT2D eigenvalue weighted by atomic mass is 10.3. The van der Waals surface area contributed by atoms with Crippen LogP contribution in [0.1, 0.15) is 0 Å². The van der Waals surface area contributed by atoms with E-state index >= 15 is 0 Å². The summed E-state index contributed by atoms with van der Waals surface area (Å²) < 4.78 is 0. The lowest BCUT2D eigenvalue weighted by Gasteiger charge is -2.45. The third-order valence-electron chi connectivity index (χ3n) is 11.5. The Bertz CT molecular complexity index is 2030. The lowest BCUT2D eigenvalue weighted by Crippen LogP contribution is -2.53. The van der Waals surface area contributed by atoms with Gasteiger partial charge in [0.2, 0.25) is 0 Å². The molecule has 0 amide bonds. The molecule has 0 nitrogen and oxygen atoms in total. The van der Waals surface area contributed by atoms with Crippen LogP contribution in [0.5, 0.6) is 0 Å². The second kappa shape index (κ2) is 17.0. The van der Waals surface area contributed by atoms with E-state index in [9.17, 15) is 0 Å². The third-order valence-corrected chi connectivity index (χ3v) is 29.8. The van der Waals surface area contributed by atoms with Crippen LogP contribution in [0, 0.1) is 0 Å². The van der Waals surface area contributed by atoms with Gasteiger partial charge in [-0.05, 0) is 109 Å². The molecule has 0 heterocycles. The number of rotatable bonds is 12. The zero-order chi connectivity index (χ0) is 39.1. The van der Waals surface area contributed by atoms with Crippen LogP contribution in [0.2, 0.25) is 0 Å². The molecular formula is C55H46P3+3. The first-order valence-corrected chi connectivity index (χ1v) is 25.6. The highest BCUT2D eigenvalue weighted by molar-refractivity contribution is 8.24. The van der Waals surface area contributed by atoms with Gasteiger partial charge in [0, 0.05) is 0 Å². The quantitative estimate of drug-likeness (QED) is 0.108. The maximum atomic E-state index is 2.45. The van der Waals surface area contributed by atoms with Gasteiger partial charge in [0.05, 0.1) is 0 Å². The summed E-state index contributed by atoms with van der Waals surface area (Å²) in [6.45, 7) is 0. The number of hydrogen-bond donors (Lipinski definition) is 0. The van der Waals surface area contributed by atoms with Crippen LogP contribution in [-0.4, -0.2) is 5.14 Å². The van der Waals surface area contributed by atoms with Crippen LogP contribution in [0.4, 0.5) is 0 Å². The maximum absolute atomic E-state index is 2.80. The molecule has 0 aliphatic heterocycles. The predicted molar refractivity (Wildman–Crippen MR) is 259 cm³/mol. The fraction of sp³-hybridized carbons (Fsp3) is 0.0182. The summed E-state index contributed by atoms with van der Waals surface area (Å²) in [6.07, 6.45) is 0. The topological polar surface area (TPSA) is 0 Å². The van der Waals surface area contributed by atoms with Crippen LogP contribution >= 0.6 is 21.8 Å². The molecule has 278 valence electrons. The van der Waals surface area contributed by atoms with E-state index in [1.54, 1.807) is 0 Å². The van der Waals surface area contributed by atoms with Gasteiger partial charge in [-0.25, -0.2) is 0 Å². The molecule has 0 atom stereocenters. The molecule has 0 N–H and O–H groups in total. The molecule has 3 heteroatoms. The Kier molecular flexibility index (Phi) is 11.1. The van der Waals surface area contributed by atoms with Crippen LogP contribution in [0.15, 0.2) is 273 Å². The van der Waals surface area contributed by atoms with Crippen molar-refractivity contribution in [2.45, 2.75) is 5.14 Å². The van der Waals surface area contributed by atoms with Crippen LogP contribution in [0.25, 0.3) is 0 Å². The smallest absolute Gasteiger partial charge is 0.0620 e. The molecule has 9 aromatic rings. The van der Waals surface area contributed by atoms with E-state index in [1.807, 2.05) is 0 Å². The Hall–Kier alpha value is -5.73. The van der Waals surface area contributed by atoms with Gasteiger partial charge in [0.15, 0.2) is 21.8 Å². The average molecular weight is 800 g/mol. The molecule has 9 aromatic carbocycles. The molecule has 0 aromatic heterocycles. The highest BCUT2D eigenvalue weighted by Crippen LogP contribution is 2.90. The summed E-state index contributed by atoms with van der Waals surface area (Å²) in [4.78, 5) is 0. The average Bonchev–Trinajstić information content (AvgIpc) is 3.33. The summed E-state index contributed by atoms with van der Waals surface area (Å²) in [5.74, 6) is 0. The Balaban J connectivity index is 1.68. The highest BCUT2D eigenvalue weighted by Gasteiger charge is 2.81. The summed E-state index contributed by atoms with van der Waals surface area (Å²) in [6, 6.07) is 105. The number of hydrogen-bond acceptors (Lipinski definition) is 0. The molecule has 0 aliphatic carbocycles. The first-order valence-electron chi connectivity index (χ1n) is 20.0. The standard InChI is InChI=1S/C55H46P3/c1-10-28-46(29-11-1)56(47-30-12-2-13-31-47,48-32-14-3-15-33-48)55(57(49-34-16-4-17-35-49,50-36-18-5-19-37-50)51-38-20-6-21-39-51)58(52-40-22-7-23-41-52,53-42-24-8-25-43-53)54-44-26-9-27-45-54/h1-45,55H/q+3. The molecule has 0 spiro atoms. The van der Waals surface area contributed by atoms with Crippen molar-refractivity contribution in [3.8, 4) is 0 Å². The molecule has 0 saturated carbocycles. The summed E-state index contributed by atoms with van der Waals surface area (Å²) in [5.41, 5.74) is 0. The molecule has 0 unspecified atom stereocenters. The summed E-state index contributed by atoms with van der Waals surface area (Å²) in [5, 5.41) is 12.5. The Morgan fingerprint density at radius 1 is 0.155 bits per heavy atom. The van der Waals surface area contributed by atoms with Crippen LogP contribution < -0.4 is 47.7 Å². The van der Waals surface area contributed by atoms with Gasteiger partial charge in [-0.1, -0.05) is 164 Å². The molecule has 9 rings (SSSR count). The van der Waals surface area contributed by atoms with E-state index in [0.717, 1.165) is 0 Å². The van der Waals surface area contributed by atoms with Crippen molar-refractivity contribution in [3.05, 3.63) is 273 Å². The van der Waals surface area contributed by atoms with Gasteiger partial charge in [0.25, 0.3) is 5.14 Å². The van der Waals surface area contributed by atoms with Crippen LogP contribution in [0.3, 0.4) is 0 Å². The first-order chi connectivity index (χ1) is 28.8. The molecular weight excluding hydrogens is 754 g/mol. The van der Waals surface area contributed by atoms with Crippen molar-refractivity contribution in [1.29, 1.82) is 0 Å². The molecule has 0 fully saturated rings. The lowest BCUT2D eigenvalue weighted by molar-refractivity contribution is 1.62. The van der Waals surface area contributed by atoms with Gasteiger partial charge in [0.1, 0.15) is 47.7 Å². The van der Waals surface area contributed by atoms with Gasteiger partial charge < -0.3 is 0 Å². The third kappa shape index (κ3) is 6.38. The number of benzene rings is 9. The summed E-state index contributed by atoms with van der Waals surface area (Å²) in [7, 11) is -8.40. The minimum Gasteiger partial charge on any atom is -0.0620 e. The molecule has 0 aliphatic rings. The van der Waals surface area contributed by atoms with Crippen molar-refractivity contribution in [3.63, 3.8) is 0 Å². The van der Waals surface area contributed by atoms with Crippen molar-refractivity contribution in [2.24, 2.45) is 0 Å². The predicted octanol–water partition coefficient (Wildman–Crippen LogP) is 10.3. The van der Waals surface area contributed by atoms with E-state index in [4.69, 9.17) is 0 Å². The largest absolute Gasteiger partial charge is 0.297 e. The fourth-order valence-corrected chi connectivity index (χ4v) is 33.6. The van der Waals surface area contributed by atoms with Crippen molar-refractivity contribution in [2.75, 3.05) is 0 Å². The molecule has 0 radical (unpaired) electrons. The molecule has 0 bridgehead atoms. The SMILES string of the molecule is c1ccc([P+](c2ccccc2)(c2ccccc2)C([P+](c2ccccc2)(c2ccccc2)c2ccccc2)[P+](c2ccccc2)(c2ccccc2)c2ccccc2)cc1. The van der Waals surface area contributed by atoms with E-state index in [0.29, 0.717) is 0 Å². The maximum Gasteiger partial charge on any atom is 0.297 e. The van der Waals surface area contributed by atoms with E-state index < -0.39 is 21.8 Å². The van der Waals surface area contributed by atoms with E-state index in [-0.39, 0.29) is 5.14 Å². The molecule has 0 saturated heterocycles. The zero-order valence-corrected chi connectivity index (χ0v) is 35.1. The first kappa shape index (κ1) is 37.8. The Morgan fingerprint density at radius 2 is 0.259 bits per heavy atom. The van der Waals surface area contributed by atoms with Gasteiger partial charge >= 0.3 is 0 Å². The van der Waals surface area contributed by atoms with Gasteiger partial charge in [-0.3, -0.25) is 0 Å². The van der Waals surface area contributed by atoms with E-state index in [1.165, 1.54) is 47.7 Å². The van der Waals surface area contributed by atoms with E-state index in [2.05, 4.69) is 273 Å². The summed E-state index contributed by atoms with van der Waals surface area (Å²) >= 11 is 0. The van der Waals surface area contributed by atoms with Crippen molar-refractivity contribution < 1.29 is 0 Å². The highest BCUT2D eigenvalue weighted by atomic mass is 31.3. The fourth-order valence-electron chi connectivity index (χ4n) is 9.29. The second-order valence-corrected chi connectivity index (χ2v) is 26.3. The van der Waals surface area contributed by atoms with Crippen LogP contribution in [-0.2, 0) is 0 Å². The molecule has 58 heavy (non-hydrogen) atoms. The normalized spacial score (nSPS) is 11.9.